The van der Waals surface area contributed by atoms with E-state index in [4.69, 9.17) is 4.74 Å². The van der Waals surface area contributed by atoms with Gasteiger partial charge in [0.05, 0.1) is 19.3 Å². The number of urea groups is 1. The molecule has 2 N–H and O–H groups in total. The third kappa shape index (κ3) is 6.48. The fourth-order valence-electron chi connectivity index (χ4n) is 3.94. The molecule has 150 valence electrons. The maximum Gasteiger partial charge on any atom is 0.317 e. The predicted molar refractivity (Wildman–Crippen MR) is 106 cm³/mol. The normalized spacial score (nSPS) is 20.4. The summed E-state index contributed by atoms with van der Waals surface area (Å²) in [6.07, 6.45) is 3.18. The zero-order valence-corrected chi connectivity index (χ0v) is 16.2. The molecule has 6 nitrogen and oxygen atoms in total. The van der Waals surface area contributed by atoms with E-state index in [9.17, 15) is 9.90 Å². The first kappa shape index (κ1) is 20.1. The fourth-order valence-corrected chi connectivity index (χ4v) is 3.94. The van der Waals surface area contributed by atoms with Gasteiger partial charge in [0.2, 0.25) is 0 Å². The number of hydrogen-bond acceptors (Lipinski definition) is 4. The Kier molecular flexibility index (Phi) is 7.93. The molecule has 2 amide bonds. The first-order valence-electron chi connectivity index (χ1n) is 10.3. The quantitative estimate of drug-likeness (QED) is 0.762. The maximum absolute atomic E-state index is 12.3. The zero-order valence-electron chi connectivity index (χ0n) is 16.2. The third-order valence-electron chi connectivity index (χ3n) is 5.75. The summed E-state index contributed by atoms with van der Waals surface area (Å²) in [5.41, 5.74) is 1.27. The number of carbonyl (C=O) groups is 1. The number of aliphatic hydroxyl groups excluding tert-OH is 1. The molecule has 2 aliphatic rings. The highest BCUT2D eigenvalue weighted by molar-refractivity contribution is 5.74. The smallest absolute Gasteiger partial charge is 0.317 e. The van der Waals surface area contributed by atoms with Crippen LogP contribution in [0.25, 0.3) is 0 Å². The Morgan fingerprint density at radius 3 is 2.56 bits per heavy atom. The topological polar surface area (TPSA) is 65.0 Å². The van der Waals surface area contributed by atoms with Crippen molar-refractivity contribution >= 4 is 6.03 Å². The standard InChI is InChI=1S/C21H33N3O3/c25-20(7-6-18-4-2-1-3-5-18)19-8-11-24(12-9-19)21(26)22-10-13-23-14-16-27-17-15-23/h1-5,19-20,25H,6-17H2,(H,22,26)/t20-/m1/s1. The van der Waals surface area contributed by atoms with Gasteiger partial charge in [0.25, 0.3) is 0 Å². The van der Waals surface area contributed by atoms with E-state index in [2.05, 4.69) is 22.3 Å². The number of aliphatic hydroxyl groups is 1. The Morgan fingerprint density at radius 2 is 1.85 bits per heavy atom. The Balaban J connectivity index is 1.31. The first-order chi connectivity index (χ1) is 13.2. The number of benzene rings is 1. The van der Waals surface area contributed by atoms with Gasteiger partial charge in [-0.05, 0) is 37.2 Å². The monoisotopic (exact) mass is 375 g/mol. The number of rotatable bonds is 7. The molecule has 0 aliphatic carbocycles. The second-order valence-corrected chi connectivity index (χ2v) is 7.60. The average molecular weight is 376 g/mol. The highest BCUT2D eigenvalue weighted by atomic mass is 16.5. The van der Waals surface area contributed by atoms with Crippen molar-refractivity contribution in [1.29, 1.82) is 0 Å². The lowest BCUT2D eigenvalue weighted by molar-refractivity contribution is 0.0382. The van der Waals surface area contributed by atoms with Gasteiger partial charge in [0, 0.05) is 39.3 Å². The fraction of sp³-hybridized carbons (Fsp3) is 0.667. The number of ether oxygens (including phenoxy) is 1. The Hall–Kier alpha value is -1.63. The van der Waals surface area contributed by atoms with Crippen LogP contribution >= 0.6 is 0 Å². The van der Waals surface area contributed by atoms with Crippen molar-refractivity contribution in [2.45, 2.75) is 31.8 Å². The van der Waals surface area contributed by atoms with Crippen LogP contribution in [0.2, 0.25) is 0 Å². The van der Waals surface area contributed by atoms with Crippen molar-refractivity contribution < 1.29 is 14.6 Å². The first-order valence-corrected chi connectivity index (χ1v) is 10.3. The van der Waals surface area contributed by atoms with Crippen LogP contribution in [-0.2, 0) is 11.2 Å². The van der Waals surface area contributed by atoms with E-state index in [-0.39, 0.29) is 12.1 Å². The summed E-state index contributed by atoms with van der Waals surface area (Å²) in [5, 5.41) is 13.5. The maximum atomic E-state index is 12.3. The molecule has 27 heavy (non-hydrogen) atoms. The molecule has 0 spiro atoms. The molecule has 0 bridgehead atoms. The molecule has 0 aromatic heterocycles. The second-order valence-electron chi connectivity index (χ2n) is 7.60. The minimum absolute atomic E-state index is 0.0282. The van der Waals surface area contributed by atoms with Crippen LogP contribution in [0.15, 0.2) is 30.3 Å². The number of piperidine rings is 1. The van der Waals surface area contributed by atoms with E-state index in [0.29, 0.717) is 12.5 Å². The SMILES string of the molecule is O=C(NCCN1CCOCC1)N1CCC([C@H](O)CCc2ccccc2)CC1. The van der Waals surface area contributed by atoms with Crippen LogP contribution in [0.4, 0.5) is 4.79 Å². The summed E-state index contributed by atoms with van der Waals surface area (Å²) in [5.74, 6) is 0.297. The second kappa shape index (κ2) is 10.6. The molecule has 1 aromatic carbocycles. The Morgan fingerprint density at radius 1 is 1.15 bits per heavy atom. The van der Waals surface area contributed by atoms with Crippen LogP contribution in [0.5, 0.6) is 0 Å². The van der Waals surface area contributed by atoms with Gasteiger partial charge in [-0.15, -0.1) is 0 Å². The number of hydrogen-bond donors (Lipinski definition) is 2. The molecule has 6 heteroatoms. The summed E-state index contributed by atoms with van der Waals surface area (Å²) in [6.45, 7) is 6.49. The Labute approximate surface area is 162 Å². The number of morpholine rings is 1. The van der Waals surface area contributed by atoms with Gasteiger partial charge >= 0.3 is 6.03 Å². The summed E-state index contributed by atoms with van der Waals surface area (Å²) in [4.78, 5) is 16.5. The Bertz CT molecular complexity index is 555. The van der Waals surface area contributed by atoms with E-state index in [0.717, 1.165) is 71.6 Å². The summed E-state index contributed by atoms with van der Waals surface area (Å²) >= 11 is 0. The van der Waals surface area contributed by atoms with Crippen molar-refractivity contribution in [2.75, 3.05) is 52.5 Å². The van der Waals surface area contributed by atoms with Gasteiger partial charge in [0.15, 0.2) is 0 Å². The number of carbonyl (C=O) groups excluding carboxylic acids is 1. The summed E-state index contributed by atoms with van der Waals surface area (Å²) < 4.78 is 5.34. The molecule has 2 fully saturated rings. The summed E-state index contributed by atoms with van der Waals surface area (Å²) in [6, 6.07) is 10.3. The van der Waals surface area contributed by atoms with Crippen molar-refractivity contribution in [3.05, 3.63) is 35.9 Å². The van der Waals surface area contributed by atoms with Gasteiger partial charge in [-0.2, -0.15) is 0 Å². The number of amides is 2. The highest BCUT2D eigenvalue weighted by Gasteiger charge is 2.27. The van der Waals surface area contributed by atoms with Gasteiger partial charge < -0.3 is 20.1 Å². The molecule has 1 aromatic rings. The molecule has 2 aliphatic heterocycles. The van der Waals surface area contributed by atoms with Crippen molar-refractivity contribution in [2.24, 2.45) is 5.92 Å². The zero-order chi connectivity index (χ0) is 18.9. The van der Waals surface area contributed by atoms with Crippen molar-refractivity contribution in [3.8, 4) is 0 Å². The van der Waals surface area contributed by atoms with Gasteiger partial charge in [-0.3, -0.25) is 4.90 Å². The van der Waals surface area contributed by atoms with Crippen LogP contribution in [0.3, 0.4) is 0 Å². The lowest BCUT2D eigenvalue weighted by atomic mass is 9.88. The lowest BCUT2D eigenvalue weighted by Crippen LogP contribution is -2.48. The van der Waals surface area contributed by atoms with E-state index in [1.54, 1.807) is 0 Å². The number of aryl methyl sites for hydroxylation is 1. The largest absolute Gasteiger partial charge is 0.393 e. The summed E-state index contributed by atoms with van der Waals surface area (Å²) in [7, 11) is 0. The molecule has 0 radical (unpaired) electrons. The van der Waals surface area contributed by atoms with Crippen LogP contribution in [0, 0.1) is 5.92 Å². The molecule has 2 heterocycles. The lowest BCUT2D eigenvalue weighted by Gasteiger charge is -2.34. The van der Waals surface area contributed by atoms with Crippen LogP contribution in [0.1, 0.15) is 24.8 Å². The molecule has 2 saturated heterocycles. The van der Waals surface area contributed by atoms with E-state index >= 15 is 0 Å². The van der Waals surface area contributed by atoms with Crippen LogP contribution < -0.4 is 5.32 Å². The van der Waals surface area contributed by atoms with Crippen LogP contribution in [-0.4, -0.2) is 79.5 Å². The average Bonchev–Trinajstić information content (AvgIpc) is 2.73. The molecule has 1 atom stereocenters. The predicted octanol–water partition coefficient (Wildman–Crippen LogP) is 1.73. The molecule has 0 unspecified atom stereocenters. The molecule has 3 rings (SSSR count). The molecular weight excluding hydrogens is 342 g/mol. The van der Waals surface area contributed by atoms with Gasteiger partial charge in [-0.25, -0.2) is 4.79 Å². The van der Waals surface area contributed by atoms with E-state index < -0.39 is 0 Å². The number of nitrogens with zero attached hydrogens (tertiary/aromatic N) is 2. The minimum atomic E-state index is -0.281. The number of nitrogens with one attached hydrogen (secondary N) is 1. The van der Waals surface area contributed by atoms with E-state index in [1.807, 2.05) is 23.1 Å². The number of likely N-dealkylation sites (tertiary alicyclic amines) is 1. The van der Waals surface area contributed by atoms with Gasteiger partial charge in [0.1, 0.15) is 0 Å². The van der Waals surface area contributed by atoms with Crippen molar-refractivity contribution in [3.63, 3.8) is 0 Å². The highest BCUT2D eigenvalue weighted by Crippen LogP contribution is 2.23. The minimum Gasteiger partial charge on any atom is -0.393 e. The van der Waals surface area contributed by atoms with Gasteiger partial charge in [-0.1, -0.05) is 30.3 Å². The molecule has 0 saturated carbocycles. The third-order valence-corrected chi connectivity index (χ3v) is 5.75. The van der Waals surface area contributed by atoms with E-state index in [1.165, 1.54) is 5.56 Å². The molecular formula is C21H33N3O3. The van der Waals surface area contributed by atoms with Crippen molar-refractivity contribution in [1.82, 2.24) is 15.1 Å².